The van der Waals surface area contributed by atoms with Gasteiger partial charge in [0.25, 0.3) is 0 Å². The van der Waals surface area contributed by atoms with Crippen LogP contribution in [0.4, 0.5) is 10.1 Å². The van der Waals surface area contributed by atoms with Gasteiger partial charge < -0.3 is 10.2 Å². The SMILES string of the molecule is Fc1ncccc1N1C[C@H]2C[C@@H]1CN2. The number of pyridine rings is 1. The molecule has 3 heterocycles. The highest BCUT2D eigenvalue weighted by atomic mass is 19.1. The highest BCUT2D eigenvalue weighted by Gasteiger charge is 2.38. The predicted molar refractivity (Wildman–Crippen MR) is 51.7 cm³/mol. The van der Waals surface area contributed by atoms with Crippen molar-refractivity contribution in [2.24, 2.45) is 0 Å². The molecule has 0 aliphatic carbocycles. The van der Waals surface area contributed by atoms with Crippen molar-refractivity contribution in [2.45, 2.75) is 18.5 Å². The molecule has 1 N–H and O–H groups in total. The first kappa shape index (κ1) is 8.17. The van der Waals surface area contributed by atoms with Crippen molar-refractivity contribution in [3.8, 4) is 0 Å². The Morgan fingerprint density at radius 2 is 2.50 bits per heavy atom. The molecule has 2 atom stereocenters. The van der Waals surface area contributed by atoms with Gasteiger partial charge in [0, 0.05) is 31.4 Å². The van der Waals surface area contributed by atoms with Crippen molar-refractivity contribution in [1.82, 2.24) is 10.3 Å². The van der Waals surface area contributed by atoms with Crippen LogP contribution in [0.2, 0.25) is 0 Å². The molecule has 3 nitrogen and oxygen atoms in total. The van der Waals surface area contributed by atoms with Gasteiger partial charge in [-0.05, 0) is 18.6 Å². The minimum absolute atomic E-state index is 0.347. The number of hydrogen-bond donors (Lipinski definition) is 1. The smallest absolute Gasteiger partial charge is 0.236 e. The van der Waals surface area contributed by atoms with Crippen molar-refractivity contribution in [3.05, 3.63) is 24.3 Å². The molecule has 2 fully saturated rings. The topological polar surface area (TPSA) is 28.2 Å². The molecule has 4 heteroatoms. The van der Waals surface area contributed by atoms with Crippen LogP contribution in [0, 0.1) is 5.95 Å². The zero-order chi connectivity index (χ0) is 9.54. The van der Waals surface area contributed by atoms with E-state index in [1.807, 2.05) is 6.07 Å². The van der Waals surface area contributed by atoms with Crippen LogP contribution in [0.25, 0.3) is 0 Å². The number of nitrogens with one attached hydrogen (secondary N) is 1. The van der Waals surface area contributed by atoms with Crippen molar-refractivity contribution >= 4 is 5.69 Å². The summed E-state index contributed by atoms with van der Waals surface area (Å²) in [6, 6.07) is 4.60. The summed E-state index contributed by atoms with van der Waals surface area (Å²) >= 11 is 0. The Bertz CT molecular complexity index is 355. The second-order valence-electron chi connectivity index (χ2n) is 3.96. The Morgan fingerprint density at radius 3 is 3.14 bits per heavy atom. The maximum atomic E-state index is 13.4. The molecule has 2 aliphatic heterocycles. The van der Waals surface area contributed by atoms with E-state index < -0.39 is 0 Å². The molecular formula is C10H12FN3. The number of rotatable bonds is 1. The highest BCUT2D eigenvalue weighted by molar-refractivity contribution is 5.49. The van der Waals surface area contributed by atoms with Crippen LogP contribution in [0.3, 0.4) is 0 Å². The van der Waals surface area contributed by atoms with Gasteiger partial charge in [0.1, 0.15) is 0 Å². The molecule has 0 spiro atoms. The molecule has 0 amide bonds. The molecular weight excluding hydrogens is 181 g/mol. The molecule has 14 heavy (non-hydrogen) atoms. The number of anilines is 1. The van der Waals surface area contributed by atoms with Gasteiger partial charge in [0.15, 0.2) is 0 Å². The summed E-state index contributed by atoms with van der Waals surface area (Å²) in [5.41, 5.74) is 0.654. The largest absolute Gasteiger partial charge is 0.362 e. The fourth-order valence-electron chi connectivity index (χ4n) is 2.45. The molecule has 3 rings (SSSR count). The second kappa shape index (κ2) is 2.92. The maximum Gasteiger partial charge on any atom is 0.236 e. The Balaban J connectivity index is 1.93. The van der Waals surface area contributed by atoms with Crippen LogP contribution in [0.15, 0.2) is 18.3 Å². The van der Waals surface area contributed by atoms with E-state index >= 15 is 0 Å². The van der Waals surface area contributed by atoms with E-state index in [0.717, 1.165) is 19.5 Å². The van der Waals surface area contributed by atoms with Gasteiger partial charge in [-0.25, -0.2) is 4.98 Å². The first-order valence-corrected chi connectivity index (χ1v) is 4.95. The van der Waals surface area contributed by atoms with Gasteiger partial charge in [-0.3, -0.25) is 0 Å². The van der Waals surface area contributed by atoms with Crippen LogP contribution >= 0.6 is 0 Å². The van der Waals surface area contributed by atoms with E-state index in [1.165, 1.54) is 6.20 Å². The third kappa shape index (κ3) is 1.10. The van der Waals surface area contributed by atoms with E-state index in [9.17, 15) is 4.39 Å². The second-order valence-corrected chi connectivity index (χ2v) is 3.96. The fraction of sp³-hybridized carbons (Fsp3) is 0.500. The molecule has 1 aromatic rings. The van der Waals surface area contributed by atoms with Gasteiger partial charge in [-0.2, -0.15) is 4.39 Å². The molecule has 2 saturated heterocycles. The lowest BCUT2D eigenvalue weighted by Crippen LogP contribution is -2.44. The third-order valence-electron chi connectivity index (χ3n) is 3.11. The molecule has 0 unspecified atom stereocenters. The standard InChI is InChI=1S/C10H12FN3/c11-10-9(2-1-3-12-10)14-6-7-4-8(14)5-13-7/h1-3,7-8,13H,4-6H2/t7-,8-/m1/s1. The average Bonchev–Trinajstić information content (AvgIpc) is 2.79. The summed E-state index contributed by atoms with van der Waals surface area (Å²) in [4.78, 5) is 5.81. The van der Waals surface area contributed by atoms with Gasteiger partial charge >= 0.3 is 0 Å². The van der Waals surface area contributed by atoms with Crippen LogP contribution in [-0.4, -0.2) is 30.2 Å². The normalized spacial score (nSPS) is 29.9. The van der Waals surface area contributed by atoms with Crippen LogP contribution in [-0.2, 0) is 0 Å². The lowest BCUT2D eigenvalue weighted by molar-refractivity contribution is 0.545. The highest BCUT2D eigenvalue weighted by Crippen LogP contribution is 2.29. The van der Waals surface area contributed by atoms with E-state index in [4.69, 9.17) is 0 Å². The summed E-state index contributed by atoms with van der Waals surface area (Å²) < 4.78 is 13.4. The van der Waals surface area contributed by atoms with Crippen LogP contribution in [0.5, 0.6) is 0 Å². The Morgan fingerprint density at radius 1 is 1.57 bits per heavy atom. The van der Waals surface area contributed by atoms with Crippen molar-refractivity contribution in [1.29, 1.82) is 0 Å². The minimum atomic E-state index is -0.347. The Hall–Kier alpha value is -1.16. The van der Waals surface area contributed by atoms with Crippen molar-refractivity contribution in [3.63, 3.8) is 0 Å². The maximum absolute atomic E-state index is 13.4. The first-order chi connectivity index (χ1) is 6.84. The van der Waals surface area contributed by atoms with E-state index in [2.05, 4.69) is 15.2 Å². The zero-order valence-corrected chi connectivity index (χ0v) is 7.78. The first-order valence-electron chi connectivity index (χ1n) is 4.95. The summed E-state index contributed by atoms with van der Waals surface area (Å²) in [6.45, 7) is 1.88. The minimum Gasteiger partial charge on any atom is -0.362 e. The number of fused-ring (bicyclic) bond motifs is 2. The van der Waals surface area contributed by atoms with Gasteiger partial charge in [0.2, 0.25) is 5.95 Å². The number of piperazine rings is 1. The third-order valence-corrected chi connectivity index (χ3v) is 3.11. The summed E-state index contributed by atoms with van der Waals surface area (Å²) in [7, 11) is 0. The van der Waals surface area contributed by atoms with Crippen molar-refractivity contribution in [2.75, 3.05) is 18.0 Å². The lowest BCUT2D eigenvalue weighted by Gasteiger charge is -2.29. The van der Waals surface area contributed by atoms with Gasteiger partial charge in [-0.1, -0.05) is 0 Å². The molecule has 1 aromatic heterocycles. The monoisotopic (exact) mass is 193 g/mol. The number of hydrogen-bond acceptors (Lipinski definition) is 3. The van der Waals surface area contributed by atoms with E-state index in [0.29, 0.717) is 17.8 Å². The summed E-state index contributed by atoms with van der Waals surface area (Å²) in [6.07, 6.45) is 2.62. The van der Waals surface area contributed by atoms with Gasteiger partial charge in [0.05, 0.1) is 5.69 Å². The van der Waals surface area contributed by atoms with E-state index in [1.54, 1.807) is 6.07 Å². The predicted octanol–water partition coefficient (Wildman–Crippen LogP) is 0.771. The van der Waals surface area contributed by atoms with Gasteiger partial charge in [-0.15, -0.1) is 0 Å². The Kier molecular flexibility index (Phi) is 1.70. The molecule has 2 bridgehead atoms. The molecule has 0 aromatic carbocycles. The zero-order valence-electron chi connectivity index (χ0n) is 7.78. The van der Waals surface area contributed by atoms with Crippen LogP contribution in [0.1, 0.15) is 6.42 Å². The summed E-state index contributed by atoms with van der Waals surface area (Å²) in [5.74, 6) is -0.347. The fourth-order valence-corrected chi connectivity index (χ4v) is 2.45. The lowest BCUT2D eigenvalue weighted by atomic mass is 10.2. The molecule has 0 radical (unpaired) electrons. The molecule has 74 valence electrons. The molecule has 0 saturated carbocycles. The molecule has 2 aliphatic rings. The quantitative estimate of drug-likeness (QED) is 0.668. The van der Waals surface area contributed by atoms with Crippen molar-refractivity contribution < 1.29 is 4.39 Å². The summed E-state index contributed by atoms with van der Waals surface area (Å²) in [5, 5.41) is 3.39. The number of nitrogens with zero attached hydrogens (tertiary/aromatic N) is 2. The number of halogens is 1. The average molecular weight is 193 g/mol. The van der Waals surface area contributed by atoms with E-state index in [-0.39, 0.29) is 5.95 Å². The number of aromatic nitrogens is 1. The Labute approximate surface area is 81.9 Å². The van der Waals surface area contributed by atoms with Crippen LogP contribution < -0.4 is 10.2 Å².